The van der Waals surface area contributed by atoms with Crippen LogP contribution in [0, 0.1) is 0 Å². The highest BCUT2D eigenvalue weighted by atomic mass is 16.5. The Hall–Kier alpha value is -2.75. The van der Waals surface area contributed by atoms with Crippen molar-refractivity contribution in [2.45, 2.75) is 26.2 Å². The molecule has 25 heavy (non-hydrogen) atoms. The molecule has 0 fully saturated rings. The first kappa shape index (κ1) is 18.6. The van der Waals surface area contributed by atoms with E-state index in [2.05, 4.69) is 13.8 Å². The maximum absolute atomic E-state index is 12.2. The fourth-order valence-corrected chi connectivity index (χ4v) is 2.46. The van der Waals surface area contributed by atoms with Gasteiger partial charge in [-0.3, -0.25) is 0 Å². The smallest absolute Gasteiger partial charge is 0.336 e. The van der Waals surface area contributed by atoms with Crippen molar-refractivity contribution in [2.24, 2.45) is 0 Å². The third-order valence-electron chi connectivity index (χ3n) is 4.09. The van der Waals surface area contributed by atoms with Gasteiger partial charge in [-0.05, 0) is 47.7 Å². The zero-order valence-corrected chi connectivity index (χ0v) is 15.1. The van der Waals surface area contributed by atoms with E-state index in [4.69, 9.17) is 14.2 Å². The summed E-state index contributed by atoms with van der Waals surface area (Å²) in [6.45, 7) is 4.23. The number of esters is 1. The van der Waals surface area contributed by atoms with Gasteiger partial charge in [-0.15, -0.1) is 0 Å². The van der Waals surface area contributed by atoms with Crippen LogP contribution in [0.15, 0.2) is 48.5 Å². The SMILES string of the molecule is CCC(C)c1ccccc1OC(=O)/C=C/c1ccc(OC)c(OC)c1. The van der Waals surface area contributed by atoms with Crippen molar-refractivity contribution in [1.29, 1.82) is 0 Å². The van der Waals surface area contributed by atoms with Crippen LogP contribution in [0.2, 0.25) is 0 Å². The zero-order valence-electron chi connectivity index (χ0n) is 15.1. The van der Waals surface area contributed by atoms with Crippen LogP contribution < -0.4 is 14.2 Å². The van der Waals surface area contributed by atoms with Crippen molar-refractivity contribution < 1.29 is 19.0 Å². The molecular weight excluding hydrogens is 316 g/mol. The van der Waals surface area contributed by atoms with E-state index in [1.54, 1.807) is 32.4 Å². The molecule has 0 saturated heterocycles. The van der Waals surface area contributed by atoms with E-state index in [9.17, 15) is 4.79 Å². The van der Waals surface area contributed by atoms with E-state index in [1.165, 1.54) is 6.08 Å². The molecule has 1 unspecified atom stereocenters. The van der Waals surface area contributed by atoms with Crippen molar-refractivity contribution in [3.05, 3.63) is 59.7 Å². The zero-order chi connectivity index (χ0) is 18.2. The van der Waals surface area contributed by atoms with Crippen LogP contribution in [-0.2, 0) is 4.79 Å². The van der Waals surface area contributed by atoms with Gasteiger partial charge in [0.1, 0.15) is 5.75 Å². The van der Waals surface area contributed by atoms with E-state index >= 15 is 0 Å². The molecule has 0 aromatic heterocycles. The summed E-state index contributed by atoms with van der Waals surface area (Å²) in [5.41, 5.74) is 1.86. The number of carbonyl (C=O) groups excluding carboxylic acids is 1. The second-order valence-corrected chi connectivity index (χ2v) is 5.72. The lowest BCUT2D eigenvalue weighted by atomic mass is 9.98. The second kappa shape index (κ2) is 8.92. The summed E-state index contributed by atoms with van der Waals surface area (Å²) in [5.74, 6) is 1.79. The van der Waals surface area contributed by atoms with E-state index in [0.717, 1.165) is 17.5 Å². The largest absolute Gasteiger partial charge is 0.493 e. The van der Waals surface area contributed by atoms with Crippen LogP contribution in [-0.4, -0.2) is 20.2 Å². The number of hydrogen-bond donors (Lipinski definition) is 0. The molecule has 0 aliphatic carbocycles. The quantitative estimate of drug-likeness (QED) is 0.411. The van der Waals surface area contributed by atoms with Crippen molar-refractivity contribution in [3.63, 3.8) is 0 Å². The average molecular weight is 340 g/mol. The lowest BCUT2D eigenvalue weighted by Gasteiger charge is -2.13. The lowest BCUT2D eigenvalue weighted by molar-refractivity contribution is -0.128. The minimum atomic E-state index is -0.412. The average Bonchev–Trinajstić information content (AvgIpc) is 2.65. The Bertz CT molecular complexity index is 749. The number of benzene rings is 2. The van der Waals surface area contributed by atoms with Crippen LogP contribution >= 0.6 is 0 Å². The summed E-state index contributed by atoms with van der Waals surface area (Å²) < 4.78 is 16.0. The highest BCUT2D eigenvalue weighted by Crippen LogP contribution is 2.29. The predicted octanol–water partition coefficient (Wildman–Crippen LogP) is 4.84. The lowest BCUT2D eigenvalue weighted by Crippen LogP contribution is -2.07. The third-order valence-corrected chi connectivity index (χ3v) is 4.09. The fourth-order valence-electron chi connectivity index (χ4n) is 2.46. The van der Waals surface area contributed by atoms with Crippen molar-refractivity contribution in [2.75, 3.05) is 14.2 Å². The van der Waals surface area contributed by atoms with Crippen LogP contribution in [0.1, 0.15) is 37.3 Å². The van der Waals surface area contributed by atoms with Gasteiger partial charge in [0.25, 0.3) is 0 Å². The first-order valence-electron chi connectivity index (χ1n) is 8.29. The number of para-hydroxylation sites is 1. The molecule has 0 radical (unpaired) electrons. The molecule has 1 atom stereocenters. The minimum absolute atomic E-state index is 0.332. The Labute approximate surface area is 149 Å². The molecule has 0 spiro atoms. The Balaban J connectivity index is 2.12. The molecule has 2 aromatic rings. The number of ether oxygens (including phenoxy) is 3. The van der Waals surface area contributed by atoms with Gasteiger partial charge in [0, 0.05) is 6.08 Å². The van der Waals surface area contributed by atoms with E-state index < -0.39 is 5.97 Å². The molecule has 2 rings (SSSR count). The van der Waals surface area contributed by atoms with Crippen LogP contribution in [0.5, 0.6) is 17.2 Å². The normalized spacial score (nSPS) is 12.0. The molecule has 4 heteroatoms. The van der Waals surface area contributed by atoms with Gasteiger partial charge >= 0.3 is 5.97 Å². The summed E-state index contributed by atoms with van der Waals surface area (Å²) in [4.78, 5) is 12.2. The Morgan fingerprint density at radius 1 is 1.04 bits per heavy atom. The maximum Gasteiger partial charge on any atom is 0.336 e. The summed E-state index contributed by atoms with van der Waals surface area (Å²) in [6, 6.07) is 13.1. The summed E-state index contributed by atoms with van der Waals surface area (Å²) in [7, 11) is 3.16. The Morgan fingerprint density at radius 2 is 1.76 bits per heavy atom. The van der Waals surface area contributed by atoms with Gasteiger partial charge in [-0.2, -0.15) is 0 Å². The second-order valence-electron chi connectivity index (χ2n) is 5.72. The number of hydrogen-bond acceptors (Lipinski definition) is 4. The van der Waals surface area contributed by atoms with Gasteiger partial charge < -0.3 is 14.2 Å². The van der Waals surface area contributed by atoms with E-state index in [1.807, 2.05) is 30.3 Å². The molecule has 132 valence electrons. The van der Waals surface area contributed by atoms with Gasteiger partial charge in [-0.25, -0.2) is 4.79 Å². The number of rotatable bonds is 7. The molecule has 4 nitrogen and oxygen atoms in total. The maximum atomic E-state index is 12.2. The Morgan fingerprint density at radius 3 is 2.44 bits per heavy atom. The molecule has 0 N–H and O–H groups in total. The van der Waals surface area contributed by atoms with Crippen LogP contribution in [0.3, 0.4) is 0 Å². The van der Waals surface area contributed by atoms with Crippen molar-refractivity contribution in [3.8, 4) is 17.2 Å². The fraction of sp³-hybridized carbons (Fsp3) is 0.286. The molecule has 0 aliphatic heterocycles. The molecule has 0 bridgehead atoms. The molecule has 0 aliphatic rings. The van der Waals surface area contributed by atoms with Crippen LogP contribution in [0.4, 0.5) is 0 Å². The molecular formula is C21H24O4. The van der Waals surface area contributed by atoms with Gasteiger partial charge in [0.05, 0.1) is 14.2 Å². The van der Waals surface area contributed by atoms with E-state index in [0.29, 0.717) is 23.2 Å². The standard InChI is InChI=1S/C21H24O4/c1-5-15(2)17-8-6-7-9-18(17)25-21(22)13-11-16-10-12-19(23-3)20(14-16)24-4/h6-15H,5H2,1-4H3/b13-11+. The predicted molar refractivity (Wildman–Crippen MR) is 99.4 cm³/mol. The van der Waals surface area contributed by atoms with Gasteiger partial charge in [0.15, 0.2) is 11.5 Å². The van der Waals surface area contributed by atoms with Crippen molar-refractivity contribution >= 4 is 12.0 Å². The summed E-state index contributed by atoms with van der Waals surface area (Å²) in [5, 5.41) is 0. The molecule has 2 aromatic carbocycles. The first-order valence-corrected chi connectivity index (χ1v) is 8.29. The number of carbonyl (C=O) groups is 1. The Kier molecular flexibility index (Phi) is 6.63. The highest BCUT2D eigenvalue weighted by Gasteiger charge is 2.11. The molecule has 0 saturated carbocycles. The molecule has 0 amide bonds. The minimum Gasteiger partial charge on any atom is -0.493 e. The van der Waals surface area contributed by atoms with Crippen molar-refractivity contribution in [1.82, 2.24) is 0 Å². The summed E-state index contributed by atoms with van der Waals surface area (Å²) in [6.07, 6.45) is 4.08. The monoisotopic (exact) mass is 340 g/mol. The first-order chi connectivity index (χ1) is 12.1. The highest BCUT2D eigenvalue weighted by molar-refractivity contribution is 5.89. The number of methoxy groups -OCH3 is 2. The van der Waals surface area contributed by atoms with E-state index in [-0.39, 0.29) is 0 Å². The van der Waals surface area contributed by atoms with Gasteiger partial charge in [0.2, 0.25) is 0 Å². The third kappa shape index (κ3) is 4.86. The topological polar surface area (TPSA) is 44.8 Å². The molecule has 0 heterocycles. The van der Waals surface area contributed by atoms with Gasteiger partial charge in [-0.1, -0.05) is 38.1 Å². The van der Waals surface area contributed by atoms with Crippen LogP contribution in [0.25, 0.3) is 6.08 Å². The summed E-state index contributed by atoms with van der Waals surface area (Å²) >= 11 is 0.